The van der Waals surface area contributed by atoms with Crippen molar-refractivity contribution in [3.05, 3.63) is 12.7 Å². The standard InChI is InChI=1S/C15H29N3OS.HI/c1-4-11-20-12-9-17-14(16-2)18-13-15(6-5-7-15)8-10-19-3;/h4H,1,5-13H2,2-3H3,(H2,16,17,18);1H. The molecule has 0 amide bonds. The van der Waals surface area contributed by atoms with Crippen molar-refractivity contribution in [2.75, 3.05) is 45.4 Å². The lowest BCUT2D eigenvalue weighted by atomic mass is 9.67. The van der Waals surface area contributed by atoms with Gasteiger partial charge in [0.15, 0.2) is 5.96 Å². The Morgan fingerprint density at radius 1 is 1.43 bits per heavy atom. The summed E-state index contributed by atoms with van der Waals surface area (Å²) in [7, 11) is 3.61. The highest BCUT2D eigenvalue weighted by Crippen LogP contribution is 2.43. The Kier molecular flexibility index (Phi) is 12.6. The number of hydrogen-bond acceptors (Lipinski definition) is 3. The van der Waals surface area contributed by atoms with Gasteiger partial charge in [-0.1, -0.05) is 12.5 Å². The SMILES string of the molecule is C=CCSCCNC(=NC)NCC1(CCOC)CCC1.I. The molecule has 0 heterocycles. The van der Waals surface area contributed by atoms with E-state index < -0.39 is 0 Å². The average Bonchev–Trinajstić information content (AvgIpc) is 2.43. The Morgan fingerprint density at radius 3 is 2.71 bits per heavy atom. The minimum Gasteiger partial charge on any atom is -0.385 e. The summed E-state index contributed by atoms with van der Waals surface area (Å²) in [6.45, 7) is 6.50. The second kappa shape index (κ2) is 12.6. The van der Waals surface area contributed by atoms with Crippen molar-refractivity contribution >= 4 is 41.7 Å². The van der Waals surface area contributed by atoms with Crippen LogP contribution in [0.3, 0.4) is 0 Å². The van der Waals surface area contributed by atoms with Gasteiger partial charge in [0.2, 0.25) is 0 Å². The van der Waals surface area contributed by atoms with Crippen LogP contribution in [-0.4, -0.2) is 51.3 Å². The number of guanidine groups is 1. The number of nitrogens with one attached hydrogen (secondary N) is 2. The van der Waals surface area contributed by atoms with Crippen molar-refractivity contribution in [1.82, 2.24) is 10.6 Å². The molecule has 0 aromatic heterocycles. The minimum atomic E-state index is 0. The number of methoxy groups -OCH3 is 1. The molecule has 1 saturated carbocycles. The van der Waals surface area contributed by atoms with Gasteiger partial charge in [-0.3, -0.25) is 4.99 Å². The molecule has 0 aromatic rings. The second-order valence-corrected chi connectivity index (χ2v) is 6.46. The molecule has 1 aliphatic carbocycles. The van der Waals surface area contributed by atoms with Gasteiger partial charge in [-0.15, -0.1) is 30.6 Å². The molecule has 0 saturated heterocycles. The molecule has 0 atom stereocenters. The van der Waals surface area contributed by atoms with Gasteiger partial charge in [0.05, 0.1) is 0 Å². The summed E-state index contributed by atoms with van der Waals surface area (Å²) < 4.78 is 5.22. The van der Waals surface area contributed by atoms with Crippen LogP contribution in [0.5, 0.6) is 0 Å². The number of rotatable bonds is 10. The van der Waals surface area contributed by atoms with Gasteiger partial charge in [0, 0.05) is 45.4 Å². The van der Waals surface area contributed by atoms with Crippen molar-refractivity contribution in [3.8, 4) is 0 Å². The third-order valence-corrected chi connectivity index (χ3v) is 4.84. The van der Waals surface area contributed by atoms with Gasteiger partial charge in [-0.25, -0.2) is 0 Å². The second-order valence-electron chi connectivity index (χ2n) is 5.31. The summed E-state index contributed by atoms with van der Waals surface area (Å²) in [5, 5.41) is 6.82. The molecular formula is C15H30IN3OS. The van der Waals surface area contributed by atoms with Crippen LogP contribution in [0.25, 0.3) is 0 Å². The number of aliphatic imine (C=N–C) groups is 1. The van der Waals surface area contributed by atoms with Crippen molar-refractivity contribution in [3.63, 3.8) is 0 Å². The lowest BCUT2D eigenvalue weighted by Crippen LogP contribution is -2.47. The highest BCUT2D eigenvalue weighted by atomic mass is 127. The Balaban J connectivity index is 0.00000400. The van der Waals surface area contributed by atoms with Gasteiger partial charge in [-0.05, 0) is 24.7 Å². The van der Waals surface area contributed by atoms with Crippen molar-refractivity contribution in [2.24, 2.45) is 10.4 Å². The Morgan fingerprint density at radius 2 is 2.19 bits per heavy atom. The number of nitrogens with zero attached hydrogens (tertiary/aromatic N) is 1. The van der Waals surface area contributed by atoms with E-state index in [4.69, 9.17) is 4.74 Å². The molecule has 1 aliphatic rings. The van der Waals surface area contributed by atoms with Gasteiger partial charge >= 0.3 is 0 Å². The highest BCUT2D eigenvalue weighted by Gasteiger charge is 2.36. The third-order valence-electron chi connectivity index (χ3n) is 3.88. The molecule has 0 radical (unpaired) electrons. The number of halogens is 1. The first kappa shape index (κ1) is 21.0. The molecule has 1 fully saturated rings. The summed E-state index contributed by atoms with van der Waals surface area (Å²) in [6, 6.07) is 0. The fourth-order valence-corrected chi connectivity index (χ4v) is 2.99. The van der Waals surface area contributed by atoms with Crippen LogP contribution < -0.4 is 10.6 Å². The van der Waals surface area contributed by atoms with E-state index in [1.807, 2.05) is 24.9 Å². The summed E-state index contributed by atoms with van der Waals surface area (Å²) in [6.07, 6.45) is 7.03. The van der Waals surface area contributed by atoms with Crippen molar-refractivity contribution in [1.29, 1.82) is 0 Å². The smallest absolute Gasteiger partial charge is 0.191 e. The van der Waals surface area contributed by atoms with E-state index in [0.717, 1.165) is 43.6 Å². The monoisotopic (exact) mass is 427 g/mol. The zero-order chi connectivity index (χ0) is 14.7. The molecule has 0 spiro atoms. The van der Waals surface area contributed by atoms with Crippen LogP contribution in [0.4, 0.5) is 0 Å². The topological polar surface area (TPSA) is 45.7 Å². The third kappa shape index (κ3) is 8.30. The van der Waals surface area contributed by atoms with E-state index in [9.17, 15) is 0 Å². The van der Waals surface area contributed by atoms with E-state index in [1.54, 1.807) is 7.11 Å². The normalized spacial score (nSPS) is 16.6. The molecule has 0 bridgehead atoms. The number of ether oxygens (including phenoxy) is 1. The first-order chi connectivity index (χ1) is 9.76. The van der Waals surface area contributed by atoms with Gasteiger partial charge in [0.25, 0.3) is 0 Å². The van der Waals surface area contributed by atoms with Gasteiger partial charge in [0.1, 0.15) is 0 Å². The Labute approximate surface area is 151 Å². The van der Waals surface area contributed by atoms with E-state index >= 15 is 0 Å². The molecule has 124 valence electrons. The van der Waals surface area contributed by atoms with Crippen LogP contribution in [-0.2, 0) is 4.74 Å². The Bertz CT molecular complexity index is 309. The molecule has 1 rings (SSSR count). The van der Waals surface area contributed by atoms with Crippen LogP contribution >= 0.6 is 35.7 Å². The molecule has 6 heteroatoms. The van der Waals surface area contributed by atoms with Gasteiger partial charge in [-0.2, -0.15) is 11.8 Å². The molecule has 0 aromatic carbocycles. The van der Waals surface area contributed by atoms with Gasteiger partial charge < -0.3 is 15.4 Å². The highest BCUT2D eigenvalue weighted by molar-refractivity contribution is 14.0. The maximum absolute atomic E-state index is 5.22. The van der Waals surface area contributed by atoms with E-state index in [2.05, 4.69) is 22.2 Å². The summed E-state index contributed by atoms with van der Waals surface area (Å²) in [5.74, 6) is 2.99. The molecule has 2 N–H and O–H groups in total. The summed E-state index contributed by atoms with van der Waals surface area (Å²) in [4.78, 5) is 4.28. The fourth-order valence-electron chi connectivity index (χ4n) is 2.41. The predicted molar refractivity (Wildman–Crippen MR) is 105 cm³/mol. The lowest BCUT2D eigenvalue weighted by Gasteiger charge is -2.42. The lowest BCUT2D eigenvalue weighted by molar-refractivity contribution is 0.0733. The summed E-state index contributed by atoms with van der Waals surface area (Å²) in [5.41, 5.74) is 0.422. The maximum atomic E-state index is 5.22. The quantitative estimate of drug-likeness (QED) is 0.185. The zero-order valence-electron chi connectivity index (χ0n) is 13.3. The molecule has 4 nitrogen and oxygen atoms in total. The largest absolute Gasteiger partial charge is 0.385 e. The number of hydrogen-bond donors (Lipinski definition) is 2. The average molecular weight is 427 g/mol. The van der Waals surface area contributed by atoms with Crippen molar-refractivity contribution in [2.45, 2.75) is 25.7 Å². The van der Waals surface area contributed by atoms with Crippen LogP contribution in [0, 0.1) is 5.41 Å². The zero-order valence-corrected chi connectivity index (χ0v) is 16.5. The number of thioether (sulfide) groups is 1. The van der Waals surface area contributed by atoms with Crippen molar-refractivity contribution < 1.29 is 4.74 Å². The first-order valence-electron chi connectivity index (χ1n) is 7.38. The van der Waals surface area contributed by atoms with Crippen LogP contribution in [0.1, 0.15) is 25.7 Å². The van der Waals surface area contributed by atoms with Crippen LogP contribution in [0.2, 0.25) is 0 Å². The van der Waals surface area contributed by atoms with Crippen LogP contribution in [0.15, 0.2) is 17.6 Å². The van der Waals surface area contributed by atoms with E-state index in [0.29, 0.717) is 5.41 Å². The molecule has 21 heavy (non-hydrogen) atoms. The first-order valence-corrected chi connectivity index (χ1v) is 8.54. The molecular weight excluding hydrogens is 397 g/mol. The maximum Gasteiger partial charge on any atom is 0.191 e. The molecule has 0 unspecified atom stereocenters. The fraction of sp³-hybridized carbons (Fsp3) is 0.800. The predicted octanol–water partition coefficient (Wildman–Crippen LogP) is 2.90. The molecule has 0 aliphatic heterocycles. The summed E-state index contributed by atoms with van der Waals surface area (Å²) >= 11 is 1.88. The van der Waals surface area contributed by atoms with E-state index in [-0.39, 0.29) is 24.0 Å². The van der Waals surface area contributed by atoms with E-state index in [1.165, 1.54) is 19.3 Å². The Hall–Kier alpha value is 0.0500. The minimum absolute atomic E-state index is 0.